The first-order valence-corrected chi connectivity index (χ1v) is 5.28. The summed E-state index contributed by atoms with van der Waals surface area (Å²) in [6.07, 6.45) is -0.742. The molecule has 8 heteroatoms. The van der Waals surface area contributed by atoms with Crippen LogP contribution in [0.2, 0.25) is 0 Å². The minimum absolute atomic E-state index is 0.0469. The predicted octanol–water partition coefficient (Wildman–Crippen LogP) is -1.31. The van der Waals surface area contributed by atoms with E-state index in [2.05, 4.69) is 4.74 Å². The van der Waals surface area contributed by atoms with E-state index in [1.165, 1.54) is 14.2 Å². The van der Waals surface area contributed by atoms with Gasteiger partial charge in [-0.3, -0.25) is 14.5 Å². The number of ketones is 1. The van der Waals surface area contributed by atoms with Gasteiger partial charge in [0.2, 0.25) is 5.91 Å². The van der Waals surface area contributed by atoms with E-state index < -0.39 is 41.9 Å². The molecule has 0 radical (unpaired) electrons. The van der Waals surface area contributed by atoms with Crippen molar-refractivity contribution in [3.05, 3.63) is 0 Å². The highest BCUT2D eigenvalue weighted by Gasteiger charge is 2.62. The number of ether oxygens (including phenoxy) is 1. The van der Waals surface area contributed by atoms with Crippen LogP contribution in [0, 0.1) is 0 Å². The molecule has 0 spiro atoms. The van der Waals surface area contributed by atoms with Gasteiger partial charge in [0.05, 0.1) is 13.2 Å². The summed E-state index contributed by atoms with van der Waals surface area (Å²) >= 11 is 0. The van der Waals surface area contributed by atoms with Crippen LogP contribution in [0.3, 0.4) is 0 Å². The molecule has 18 heavy (non-hydrogen) atoms. The van der Waals surface area contributed by atoms with Gasteiger partial charge in [-0.1, -0.05) is 0 Å². The summed E-state index contributed by atoms with van der Waals surface area (Å²) in [5.74, 6) is -2.39. The van der Waals surface area contributed by atoms with E-state index in [1.807, 2.05) is 0 Å². The van der Waals surface area contributed by atoms with E-state index in [0.29, 0.717) is 0 Å². The van der Waals surface area contributed by atoms with E-state index >= 15 is 0 Å². The second kappa shape index (κ2) is 3.97. The maximum Gasteiger partial charge on any atom is 0.409 e. The van der Waals surface area contributed by atoms with E-state index in [1.54, 1.807) is 0 Å². The number of Topliss-reactive ketones (excluding diaryl/α,β-unsaturated/α-hetero) is 1. The Balaban J connectivity index is 2.19. The first-order chi connectivity index (χ1) is 8.40. The Hall–Kier alpha value is -2.12. The molecule has 3 unspecified atom stereocenters. The van der Waals surface area contributed by atoms with E-state index in [9.17, 15) is 19.2 Å². The second-order valence-electron chi connectivity index (χ2n) is 4.25. The number of carboxylic acid groups (broad SMARTS) is 1. The smallest absolute Gasteiger partial charge is 0.409 e. The number of rotatable bonds is 2. The number of aliphatic carboxylic acids is 1. The quantitative estimate of drug-likeness (QED) is 0.486. The van der Waals surface area contributed by atoms with Crippen LogP contribution in [0.5, 0.6) is 0 Å². The first-order valence-electron chi connectivity index (χ1n) is 5.28. The summed E-state index contributed by atoms with van der Waals surface area (Å²) in [4.78, 5) is 47.7. The standard InChI is InChI=1S/C10H12N2O6/c1-11(10(17)18-2)6-4-3-5(13)7(9(15)16)12(4)8(6)14/h4,6-7H,3H2,1-2H3,(H,15,16). The number of β-lactam (4-membered cyclic amide) rings is 1. The molecule has 2 aliphatic rings. The lowest BCUT2D eigenvalue weighted by Gasteiger charge is -2.46. The van der Waals surface area contributed by atoms with Gasteiger partial charge in [0.15, 0.2) is 11.8 Å². The highest BCUT2D eigenvalue weighted by molar-refractivity contribution is 6.11. The van der Waals surface area contributed by atoms with Crippen LogP contribution in [0.4, 0.5) is 4.79 Å². The Morgan fingerprint density at radius 3 is 2.56 bits per heavy atom. The molecule has 1 N–H and O–H groups in total. The lowest BCUT2D eigenvalue weighted by atomic mass is 9.95. The zero-order valence-corrected chi connectivity index (χ0v) is 9.82. The van der Waals surface area contributed by atoms with E-state index in [0.717, 1.165) is 9.80 Å². The van der Waals surface area contributed by atoms with Crippen molar-refractivity contribution < 1.29 is 29.0 Å². The van der Waals surface area contributed by atoms with Crippen molar-refractivity contribution in [2.75, 3.05) is 14.2 Å². The van der Waals surface area contributed by atoms with Crippen LogP contribution in [0.1, 0.15) is 6.42 Å². The molecule has 0 bridgehead atoms. The molecule has 2 aliphatic heterocycles. The molecule has 0 aromatic carbocycles. The average molecular weight is 256 g/mol. The minimum Gasteiger partial charge on any atom is -0.479 e. The van der Waals surface area contributed by atoms with E-state index in [-0.39, 0.29) is 6.42 Å². The number of carbonyl (C=O) groups excluding carboxylic acids is 3. The Bertz CT molecular complexity index is 448. The molecule has 2 fully saturated rings. The second-order valence-corrected chi connectivity index (χ2v) is 4.25. The van der Waals surface area contributed by atoms with Gasteiger partial charge in [-0.2, -0.15) is 0 Å². The maximum absolute atomic E-state index is 11.8. The fourth-order valence-electron chi connectivity index (χ4n) is 2.49. The van der Waals surface area contributed by atoms with Crippen LogP contribution < -0.4 is 0 Å². The molecule has 2 saturated heterocycles. The molecular formula is C10H12N2O6. The Morgan fingerprint density at radius 2 is 2.06 bits per heavy atom. The molecule has 2 amide bonds. The first kappa shape index (κ1) is 12.3. The van der Waals surface area contributed by atoms with Crippen LogP contribution >= 0.6 is 0 Å². The average Bonchev–Trinajstić information content (AvgIpc) is 2.61. The SMILES string of the molecule is COC(=O)N(C)C1C(=O)N2C(C(=O)O)C(=O)CC12. The van der Waals surface area contributed by atoms with Gasteiger partial charge in [-0.05, 0) is 0 Å². The summed E-state index contributed by atoms with van der Waals surface area (Å²) in [7, 11) is 2.56. The summed E-state index contributed by atoms with van der Waals surface area (Å²) < 4.78 is 4.48. The van der Waals surface area contributed by atoms with Crippen LogP contribution in [0.25, 0.3) is 0 Å². The molecule has 0 aromatic heterocycles. The van der Waals surface area contributed by atoms with Gasteiger partial charge in [0, 0.05) is 13.5 Å². The van der Waals surface area contributed by atoms with Gasteiger partial charge in [0.25, 0.3) is 0 Å². The topological polar surface area (TPSA) is 104 Å². The third-order valence-corrected chi connectivity index (χ3v) is 3.34. The van der Waals surface area contributed by atoms with Crippen molar-refractivity contribution in [2.24, 2.45) is 0 Å². The Morgan fingerprint density at radius 1 is 1.44 bits per heavy atom. The molecule has 2 rings (SSSR count). The number of nitrogens with zero attached hydrogens (tertiary/aromatic N) is 2. The van der Waals surface area contributed by atoms with Crippen molar-refractivity contribution in [1.29, 1.82) is 0 Å². The Labute approximate surface area is 102 Å². The van der Waals surface area contributed by atoms with Crippen molar-refractivity contribution in [1.82, 2.24) is 9.80 Å². The number of methoxy groups -OCH3 is 1. The maximum atomic E-state index is 11.8. The molecule has 0 aliphatic carbocycles. The lowest BCUT2D eigenvalue weighted by Crippen LogP contribution is -2.70. The van der Waals surface area contributed by atoms with Crippen LogP contribution in [-0.2, 0) is 19.1 Å². The zero-order chi connectivity index (χ0) is 13.6. The van der Waals surface area contributed by atoms with Crippen LogP contribution in [0.15, 0.2) is 0 Å². The van der Waals surface area contributed by atoms with Gasteiger partial charge < -0.3 is 14.7 Å². The number of amides is 2. The number of carboxylic acids is 1. The molecule has 2 heterocycles. The van der Waals surface area contributed by atoms with Crippen molar-refractivity contribution >= 4 is 23.8 Å². The van der Waals surface area contributed by atoms with Gasteiger partial charge >= 0.3 is 12.1 Å². The third-order valence-electron chi connectivity index (χ3n) is 3.34. The lowest BCUT2D eigenvalue weighted by molar-refractivity contribution is -0.165. The zero-order valence-electron chi connectivity index (χ0n) is 9.82. The summed E-state index contributed by atoms with van der Waals surface area (Å²) in [6, 6.07) is -2.79. The van der Waals surface area contributed by atoms with E-state index in [4.69, 9.17) is 5.11 Å². The van der Waals surface area contributed by atoms with Crippen LogP contribution in [-0.4, -0.2) is 70.9 Å². The molecular weight excluding hydrogens is 244 g/mol. The number of carbonyl (C=O) groups is 4. The highest BCUT2D eigenvalue weighted by Crippen LogP contribution is 2.36. The number of hydrogen-bond donors (Lipinski definition) is 1. The Kier molecular flexibility index (Phi) is 2.72. The van der Waals surface area contributed by atoms with Gasteiger partial charge in [-0.25, -0.2) is 9.59 Å². The molecule has 8 nitrogen and oxygen atoms in total. The summed E-state index contributed by atoms with van der Waals surface area (Å²) in [5, 5.41) is 8.88. The fourth-order valence-corrected chi connectivity index (χ4v) is 2.49. The van der Waals surface area contributed by atoms with Crippen molar-refractivity contribution in [2.45, 2.75) is 24.5 Å². The minimum atomic E-state index is -1.41. The molecule has 98 valence electrons. The monoisotopic (exact) mass is 256 g/mol. The van der Waals surface area contributed by atoms with Crippen molar-refractivity contribution in [3.8, 4) is 0 Å². The third kappa shape index (κ3) is 1.45. The predicted molar refractivity (Wildman–Crippen MR) is 55.6 cm³/mol. The van der Waals surface area contributed by atoms with Gasteiger partial charge in [0.1, 0.15) is 6.04 Å². The number of fused-ring (bicyclic) bond motifs is 1. The highest BCUT2D eigenvalue weighted by atomic mass is 16.5. The molecule has 0 saturated carbocycles. The summed E-state index contributed by atoms with van der Waals surface area (Å²) in [6.45, 7) is 0. The van der Waals surface area contributed by atoms with Crippen molar-refractivity contribution in [3.63, 3.8) is 0 Å². The largest absolute Gasteiger partial charge is 0.479 e. The summed E-state index contributed by atoms with van der Waals surface area (Å²) in [5.41, 5.74) is 0. The number of hydrogen-bond acceptors (Lipinski definition) is 5. The van der Waals surface area contributed by atoms with Gasteiger partial charge in [-0.15, -0.1) is 0 Å². The normalized spacial score (nSPS) is 29.7. The molecule has 0 aromatic rings. The fraction of sp³-hybridized carbons (Fsp3) is 0.600. The molecule has 3 atom stereocenters. The number of likely N-dealkylation sites (N-methyl/N-ethyl adjacent to an activating group) is 1.